The van der Waals surface area contributed by atoms with E-state index in [1.54, 1.807) is 0 Å². The molecule has 0 rings (SSSR count). The summed E-state index contributed by atoms with van der Waals surface area (Å²) in [5, 5.41) is 8.82. The second-order valence-corrected chi connectivity index (χ2v) is 2.75. The molecule has 2 nitrogen and oxygen atoms in total. The van der Waals surface area contributed by atoms with Crippen molar-refractivity contribution >= 4 is 22.5 Å². The Morgan fingerprint density at radius 3 is 2.29 bits per heavy atom. The predicted molar refractivity (Wildman–Crippen MR) is 31.5 cm³/mol. The van der Waals surface area contributed by atoms with Gasteiger partial charge >= 0.3 is 49.8 Å². The van der Waals surface area contributed by atoms with Crippen LogP contribution in [0.5, 0.6) is 0 Å². The second-order valence-electron chi connectivity index (χ2n) is 1.26. The topological polar surface area (TPSA) is 37.3 Å². The van der Waals surface area contributed by atoms with Crippen LogP contribution >= 0.6 is 0 Å². The zero-order valence-electron chi connectivity index (χ0n) is 4.27. The molecule has 0 radical (unpaired) electrons. The van der Waals surface area contributed by atoms with Crippen molar-refractivity contribution in [2.24, 2.45) is 0 Å². The molecule has 40 valence electrons. The second kappa shape index (κ2) is 2.85. The Morgan fingerprint density at radius 2 is 2.29 bits per heavy atom. The van der Waals surface area contributed by atoms with E-state index in [-0.39, 0.29) is 0 Å². The predicted octanol–water partition coefficient (Wildman–Crippen LogP) is -0.589. The third kappa shape index (κ3) is 2.45. The van der Waals surface area contributed by atoms with Crippen LogP contribution in [0.15, 0.2) is 12.2 Å². The van der Waals surface area contributed by atoms with Crippen LogP contribution in [-0.2, 0) is 4.79 Å². The van der Waals surface area contributed by atoms with Gasteiger partial charge in [-0.3, -0.25) is 0 Å². The molecule has 0 aromatic heterocycles. The molecule has 1 N–H and O–H groups in total. The third-order valence-corrected chi connectivity index (χ3v) is 2.52. The van der Waals surface area contributed by atoms with E-state index in [4.69, 9.17) is 5.11 Å². The van der Waals surface area contributed by atoms with E-state index in [0.717, 1.165) is 0 Å². The van der Waals surface area contributed by atoms with Gasteiger partial charge in [-0.05, 0) is 0 Å². The van der Waals surface area contributed by atoms with Crippen molar-refractivity contribution in [1.82, 2.24) is 0 Å². The van der Waals surface area contributed by atoms with Gasteiger partial charge < -0.3 is 0 Å². The molecule has 0 saturated carbocycles. The number of aliphatic carboxylic acids is 1. The number of carboxylic acid groups (broad SMARTS) is 1. The van der Waals surface area contributed by atoms with Crippen molar-refractivity contribution in [2.45, 2.75) is 5.25 Å². The van der Waals surface area contributed by atoms with E-state index in [1.807, 2.05) is 0 Å². The zero-order valence-corrected chi connectivity index (χ0v) is 8.47. The molecule has 0 spiro atoms. The Bertz CT molecular complexity index is 97.9. The monoisotopic (exact) mass is 162 g/mol. The third-order valence-electron chi connectivity index (χ3n) is 0.729. The van der Waals surface area contributed by atoms with E-state index in [9.17, 15) is 4.79 Å². The van der Waals surface area contributed by atoms with E-state index < -0.39 is 5.97 Å². The molecule has 0 aliphatic heterocycles. The summed E-state index contributed by atoms with van der Waals surface area (Å²) in [5.74, 6) is -0.854. The summed E-state index contributed by atoms with van der Waals surface area (Å²) in [7, 11) is 0. The van der Waals surface area contributed by atoms with Crippen LogP contribution in [0, 0.1) is 0 Å². The molecule has 0 aromatic carbocycles. The fourth-order valence-corrected chi connectivity index (χ4v) is 0.786. The Labute approximate surface area is 50.4 Å². The maximum absolute atomic E-state index is 9.86. The fourth-order valence-electron chi connectivity index (χ4n) is 0.151. The number of hydrogen-bond acceptors (Lipinski definition) is 1. The summed E-state index contributed by atoms with van der Waals surface area (Å²) < 4.78 is 0. The van der Waals surface area contributed by atoms with Crippen molar-refractivity contribution < 1.29 is 9.90 Å². The van der Waals surface area contributed by atoms with Crippen molar-refractivity contribution in [3.63, 3.8) is 0 Å². The molecule has 0 bridgehead atoms. The number of rotatable bonds is 2. The first-order chi connectivity index (χ1) is 3.18. The average molecular weight is 161 g/mol. The standard InChI is InChI=1S/C4H8GeO2/c1-3(2-5)4(6)7/h1-2H2,5H3,(H,6,7). The Hall–Kier alpha value is -0.247. The number of carboxylic acids is 1. The Morgan fingerprint density at radius 1 is 1.86 bits per heavy atom. The van der Waals surface area contributed by atoms with E-state index in [0.29, 0.717) is 27.3 Å². The first-order valence-electron chi connectivity index (χ1n) is 2.09. The minimum atomic E-state index is -0.854. The van der Waals surface area contributed by atoms with Gasteiger partial charge in [0.25, 0.3) is 0 Å². The van der Waals surface area contributed by atoms with Gasteiger partial charge in [0.15, 0.2) is 0 Å². The first kappa shape index (κ1) is 6.75. The van der Waals surface area contributed by atoms with Gasteiger partial charge in [-0.2, -0.15) is 0 Å². The van der Waals surface area contributed by atoms with Gasteiger partial charge in [-0.15, -0.1) is 0 Å². The summed E-state index contributed by atoms with van der Waals surface area (Å²) in [4.78, 5) is 9.86. The molecule has 7 heavy (non-hydrogen) atoms. The van der Waals surface area contributed by atoms with E-state index >= 15 is 0 Å². The summed E-state index contributed by atoms with van der Waals surface area (Å²) in [5.41, 5.74) is 0.347. The Balaban J connectivity index is 3.58. The van der Waals surface area contributed by atoms with Crippen LogP contribution in [0.25, 0.3) is 0 Å². The van der Waals surface area contributed by atoms with Gasteiger partial charge in [0, 0.05) is 0 Å². The average Bonchev–Trinajstić information content (AvgIpc) is 1.65. The molecule has 0 saturated heterocycles. The summed E-state index contributed by atoms with van der Waals surface area (Å²) in [6, 6.07) is 0. The van der Waals surface area contributed by atoms with Gasteiger partial charge in [-0.1, -0.05) is 0 Å². The number of hydrogen-bond donors (Lipinski definition) is 1. The Kier molecular flexibility index (Phi) is 2.75. The fraction of sp³-hybridized carbons (Fsp3) is 0.250. The molecule has 0 heterocycles. The molecule has 0 aromatic rings. The molecular formula is C4H8GeO2. The van der Waals surface area contributed by atoms with Crippen LogP contribution in [0.4, 0.5) is 0 Å². The summed E-state index contributed by atoms with van der Waals surface area (Å²) in [6.45, 7) is 3.32. The molecule has 0 unspecified atom stereocenters. The first-order valence-corrected chi connectivity index (χ1v) is 5.06. The van der Waals surface area contributed by atoms with Gasteiger partial charge in [0.2, 0.25) is 0 Å². The quantitative estimate of drug-likeness (QED) is 0.433. The van der Waals surface area contributed by atoms with E-state index in [2.05, 4.69) is 6.58 Å². The molecule has 0 aliphatic carbocycles. The van der Waals surface area contributed by atoms with Crippen LogP contribution < -0.4 is 0 Å². The maximum atomic E-state index is 9.86. The molecule has 0 fully saturated rings. The van der Waals surface area contributed by atoms with Crippen LogP contribution in [0.3, 0.4) is 0 Å². The SMILES string of the molecule is C=C([CH2][GeH3])C(=O)O. The van der Waals surface area contributed by atoms with Crippen molar-refractivity contribution in [3.8, 4) is 0 Å². The van der Waals surface area contributed by atoms with Crippen molar-refractivity contribution in [1.29, 1.82) is 0 Å². The van der Waals surface area contributed by atoms with Crippen LogP contribution in [0.2, 0.25) is 5.25 Å². The molecule has 0 aliphatic rings. The molecule has 0 amide bonds. The normalized spacial score (nSPS) is 8.57. The molecule has 0 atom stereocenters. The van der Waals surface area contributed by atoms with Gasteiger partial charge in [0.1, 0.15) is 0 Å². The summed E-state index contributed by atoms with van der Waals surface area (Å²) in [6.07, 6.45) is 0. The van der Waals surface area contributed by atoms with Crippen LogP contribution in [-0.4, -0.2) is 27.6 Å². The summed E-state index contributed by atoms with van der Waals surface area (Å²) >= 11 is 0.586. The molecular weight excluding hydrogens is 153 g/mol. The molecule has 3 heteroatoms. The van der Waals surface area contributed by atoms with Crippen LogP contribution in [0.1, 0.15) is 0 Å². The number of carbonyl (C=O) groups is 1. The van der Waals surface area contributed by atoms with E-state index in [1.165, 1.54) is 0 Å². The van der Waals surface area contributed by atoms with Crippen molar-refractivity contribution in [3.05, 3.63) is 12.2 Å². The van der Waals surface area contributed by atoms with Crippen molar-refractivity contribution in [2.75, 3.05) is 0 Å². The zero-order chi connectivity index (χ0) is 5.86. The van der Waals surface area contributed by atoms with Gasteiger partial charge in [0.05, 0.1) is 0 Å². The van der Waals surface area contributed by atoms with Gasteiger partial charge in [-0.25, -0.2) is 0 Å². The minimum absolute atomic E-state index is 0.347.